The van der Waals surface area contributed by atoms with Gasteiger partial charge in [0, 0.05) is 0 Å². The van der Waals surface area contributed by atoms with Crippen LogP contribution in [0.5, 0.6) is 5.75 Å². The summed E-state index contributed by atoms with van der Waals surface area (Å²) in [5.41, 5.74) is 3.93. The van der Waals surface area contributed by atoms with Gasteiger partial charge in [-0.1, -0.05) is 13.0 Å². The molecule has 66 valence electrons. The average Bonchev–Trinajstić information content (AvgIpc) is 2.09. The fourth-order valence-corrected chi connectivity index (χ4v) is 1.32. The van der Waals surface area contributed by atoms with Crippen LogP contribution in [0.4, 0.5) is 0 Å². The molecule has 0 fully saturated rings. The Labute approximate surface area is 74.4 Å². The molecule has 0 bridgehead atoms. The highest BCUT2D eigenvalue weighted by Crippen LogP contribution is 2.22. The predicted octanol–water partition coefficient (Wildman–Crippen LogP) is 2.87. The molecule has 0 N–H and O–H groups in total. The van der Waals surface area contributed by atoms with Gasteiger partial charge >= 0.3 is 0 Å². The minimum atomic E-state index is 1.01. The van der Waals surface area contributed by atoms with E-state index in [4.69, 9.17) is 4.74 Å². The van der Waals surface area contributed by atoms with Crippen LogP contribution in [0.1, 0.15) is 23.6 Å². The van der Waals surface area contributed by atoms with E-state index in [1.165, 1.54) is 16.7 Å². The standard InChI is InChI=1S/C11H16O/c1-5-10-6-8(2)9(3)7-11(10)12-4/h6-7H,5H2,1-4H3. The summed E-state index contributed by atoms with van der Waals surface area (Å²) in [4.78, 5) is 0. The first-order chi connectivity index (χ1) is 5.69. The summed E-state index contributed by atoms with van der Waals surface area (Å²) in [6.45, 7) is 6.39. The SMILES string of the molecule is CCc1cc(C)c(C)cc1OC. The van der Waals surface area contributed by atoms with E-state index in [1.807, 2.05) is 0 Å². The Kier molecular flexibility index (Phi) is 2.74. The summed E-state index contributed by atoms with van der Waals surface area (Å²) in [7, 11) is 1.73. The second-order valence-corrected chi connectivity index (χ2v) is 3.10. The van der Waals surface area contributed by atoms with Gasteiger partial charge < -0.3 is 4.74 Å². The molecule has 0 radical (unpaired) electrons. The fourth-order valence-electron chi connectivity index (χ4n) is 1.32. The third-order valence-corrected chi connectivity index (χ3v) is 2.28. The van der Waals surface area contributed by atoms with Gasteiger partial charge in [0.05, 0.1) is 7.11 Å². The molecule has 0 aliphatic heterocycles. The zero-order chi connectivity index (χ0) is 9.14. The lowest BCUT2D eigenvalue weighted by Crippen LogP contribution is -1.93. The summed E-state index contributed by atoms with van der Waals surface area (Å²) in [5, 5.41) is 0. The Balaban J connectivity index is 3.19. The maximum Gasteiger partial charge on any atom is 0.122 e. The van der Waals surface area contributed by atoms with Crippen LogP contribution >= 0.6 is 0 Å². The van der Waals surface area contributed by atoms with Crippen LogP contribution in [0.15, 0.2) is 12.1 Å². The quantitative estimate of drug-likeness (QED) is 0.653. The van der Waals surface area contributed by atoms with Crippen LogP contribution in [0.25, 0.3) is 0 Å². The number of hydrogen-bond acceptors (Lipinski definition) is 1. The highest BCUT2D eigenvalue weighted by atomic mass is 16.5. The first kappa shape index (κ1) is 9.11. The van der Waals surface area contributed by atoms with Crippen molar-refractivity contribution in [1.29, 1.82) is 0 Å². The predicted molar refractivity (Wildman–Crippen MR) is 51.8 cm³/mol. The van der Waals surface area contributed by atoms with Crippen molar-refractivity contribution >= 4 is 0 Å². The number of hydrogen-bond donors (Lipinski definition) is 0. The molecule has 0 unspecified atom stereocenters. The summed E-state index contributed by atoms with van der Waals surface area (Å²) >= 11 is 0. The van der Waals surface area contributed by atoms with Crippen molar-refractivity contribution in [2.45, 2.75) is 27.2 Å². The lowest BCUT2D eigenvalue weighted by atomic mass is 10.0. The van der Waals surface area contributed by atoms with E-state index < -0.39 is 0 Å². The molecule has 1 rings (SSSR count). The van der Waals surface area contributed by atoms with Crippen LogP contribution < -0.4 is 4.74 Å². The van der Waals surface area contributed by atoms with E-state index in [0.29, 0.717) is 0 Å². The minimum absolute atomic E-state index is 1.01. The van der Waals surface area contributed by atoms with Gasteiger partial charge in [-0.15, -0.1) is 0 Å². The van der Waals surface area contributed by atoms with E-state index in [2.05, 4.69) is 32.9 Å². The molecule has 0 aromatic heterocycles. The number of ether oxygens (including phenoxy) is 1. The Morgan fingerprint density at radius 3 is 2.25 bits per heavy atom. The summed E-state index contributed by atoms with van der Waals surface area (Å²) in [5.74, 6) is 1.01. The molecule has 0 heterocycles. The lowest BCUT2D eigenvalue weighted by molar-refractivity contribution is 0.409. The molecule has 0 saturated heterocycles. The molecular weight excluding hydrogens is 148 g/mol. The topological polar surface area (TPSA) is 9.23 Å². The molecule has 0 aliphatic rings. The van der Waals surface area contributed by atoms with Gasteiger partial charge in [-0.3, -0.25) is 0 Å². The summed E-state index contributed by atoms with van der Waals surface area (Å²) in [6.07, 6.45) is 1.03. The Hall–Kier alpha value is -0.980. The van der Waals surface area contributed by atoms with Gasteiger partial charge in [0.2, 0.25) is 0 Å². The van der Waals surface area contributed by atoms with Crippen molar-refractivity contribution in [3.8, 4) is 5.75 Å². The molecule has 0 amide bonds. The summed E-state index contributed by atoms with van der Waals surface area (Å²) < 4.78 is 5.27. The molecule has 1 nitrogen and oxygen atoms in total. The van der Waals surface area contributed by atoms with Crippen molar-refractivity contribution in [2.75, 3.05) is 7.11 Å². The number of rotatable bonds is 2. The minimum Gasteiger partial charge on any atom is -0.496 e. The zero-order valence-electron chi connectivity index (χ0n) is 8.27. The van der Waals surface area contributed by atoms with Crippen LogP contribution in [0.2, 0.25) is 0 Å². The molecule has 0 atom stereocenters. The van der Waals surface area contributed by atoms with Crippen molar-refractivity contribution in [2.24, 2.45) is 0 Å². The number of methoxy groups -OCH3 is 1. The molecule has 1 aromatic carbocycles. The Morgan fingerprint density at radius 2 is 1.75 bits per heavy atom. The molecule has 0 saturated carbocycles. The van der Waals surface area contributed by atoms with E-state index in [0.717, 1.165) is 12.2 Å². The van der Waals surface area contributed by atoms with Gasteiger partial charge in [0.1, 0.15) is 5.75 Å². The lowest BCUT2D eigenvalue weighted by Gasteiger charge is -2.09. The number of aryl methyl sites for hydroxylation is 3. The molecule has 0 aliphatic carbocycles. The van der Waals surface area contributed by atoms with Crippen LogP contribution in [0, 0.1) is 13.8 Å². The molecular formula is C11H16O. The third kappa shape index (κ3) is 1.60. The smallest absolute Gasteiger partial charge is 0.122 e. The third-order valence-electron chi connectivity index (χ3n) is 2.28. The Bertz CT molecular complexity index is 248. The molecule has 0 spiro atoms. The second kappa shape index (κ2) is 3.61. The summed E-state index contributed by atoms with van der Waals surface area (Å²) in [6, 6.07) is 4.31. The monoisotopic (exact) mass is 164 g/mol. The van der Waals surface area contributed by atoms with Gasteiger partial charge in [0.15, 0.2) is 0 Å². The van der Waals surface area contributed by atoms with E-state index in [1.54, 1.807) is 7.11 Å². The molecule has 12 heavy (non-hydrogen) atoms. The van der Waals surface area contributed by atoms with E-state index in [-0.39, 0.29) is 0 Å². The van der Waals surface area contributed by atoms with Crippen LogP contribution in [-0.2, 0) is 6.42 Å². The average molecular weight is 164 g/mol. The molecule has 1 heteroatoms. The highest BCUT2D eigenvalue weighted by molar-refractivity contribution is 5.41. The van der Waals surface area contributed by atoms with Crippen molar-refractivity contribution in [3.05, 3.63) is 28.8 Å². The van der Waals surface area contributed by atoms with E-state index in [9.17, 15) is 0 Å². The molecule has 1 aromatic rings. The zero-order valence-corrected chi connectivity index (χ0v) is 8.27. The van der Waals surface area contributed by atoms with Crippen LogP contribution in [-0.4, -0.2) is 7.11 Å². The Morgan fingerprint density at radius 1 is 1.17 bits per heavy atom. The first-order valence-corrected chi connectivity index (χ1v) is 4.33. The van der Waals surface area contributed by atoms with E-state index >= 15 is 0 Å². The fraction of sp³-hybridized carbons (Fsp3) is 0.455. The van der Waals surface area contributed by atoms with Gasteiger partial charge in [-0.2, -0.15) is 0 Å². The van der Waals surface area contributed by atoms with Gasteiger partial charge in [-0.05, 0) is 43.0 Å². The number of benzene rings is 1. The first-order valence-electron chi connectivity index (χ1n) is 4.33. The second-order valence-electron chi connectivity index (χ2n) is 3.10. The van der Waals surface area contributed by atoms with Gasteiger partial charge in [-0.25, -0.2) is 0 Å². The highest BCUT2D eigenvalue weighted by Gasteiger charge is 2.02. The maximum atomic E-state index is 5.27. The largest absolute Gasteiger partial charge is 0.496 e. The van der Waals surface area contributed by atoms with Crippen molar-refractivity contribution < 1.29 is 4.74 Å². The van der Waals surface area contributed by atoms with Crippen molar-refractivity contribution in [1.82, 2.24) is 0 Å². The normalized spacial score (nSPS) is 10.0. The van der Waals surface area contributed by atoms with Crippen LogP contribution in [0.3, 0.4) is 0 Å². The van der Waals surface area contributed by atoms with Gasteiger partial charge in [0.25, 0.3) is 0 Å². The van der Waals surface area contributed by atoms with Crippen molar-refractivity contribution in [3.63, 3.8) is 0 Å². The maximum absolute atomic E-state index is 5.27.